The first-order valence-electron chi connectivity index (χ1n) is 4.29. The average Bonchev–Trinajstić information content (AvgIpc) is 2.27. The third kappa shape index (κ3) is 1.59. The molecule has 0 saturated carbocycles. The van der Waals surface area contributed by atoms with Crippen LogP contribution in [-0.4, -0.2) is 23.0 Å². The molecule has 0 saturated heterocycles. The van der Waals surface area contributed by atoms with Crippen LogP contribution in [0.4, 0.5) is 0 Å². The second kappa shape index (κ2) is 3.53. The number of methoxy groups -OCH3 is 1. The van der Waals surface area contributed by atoms with E-state index < -0.39 is 5.97 Å². The Morgan fingerprint density at radius 2 is 2.20 bits per heavy atom. The Balaban J connectivity index is 2.79. The molecule has 0 unspecified atom stereocenters. The van der Waals surface area contributed by atoms with Gasteiger partial charge in [-0.15, -0.1) is 0 Å². The number of carbonyl (C=O) groups excluding carboxylic acids is 1. The highest BCUT2D eigenvalue weighted by molar-refractivity contribution is 6.01. The van der Waals surface area contributed by atoms with Crippen LogP contribution in [0.1, 0.15) is 10.4 Å². The van der Waals surface area contributed by atoms with Crippen molar-refractivity contribution in [2.45, 2.75) is 0 Å². The van der Waals surface area contributed by atoms with E-state index in [4.69, 9.17) is 0 Å². The predicted octanol–water partition coefficient (Wildman–Crippen LogP) is 0.710. The summed E-state index contributed by atoms with van der Waals surface area (Å²) in [6.45, 7) is 0. The maximum Gasteiger partial charge on any atom is 0.340 e. The van der Waals surface area contributed by atoms with Crippen LogP contribution >= 0.6 is 0 Å². The number of aromatic nitrogens is 2. The van der Waals surface area contributed by atoms with Crippen LogP contribution < -0.4 is 5.56 Å². The molecular formula is C10H8N2O3. The minimum absolute atomic E-state index is 0.277. The molecular weight excluding hydrogens is 196 g/mol. The predicted molar refractivity (Wildman–Crippen MR) is 53.7 cm³/mol. The van der Waals surface area contributed by atoms with Crippen molar-refractivity contribution in [3.63, 3.8) is 0 Å². The van der Waals surface area contributed by atoms with E-state index in [0.717, 1.165) is 0 Å². The lowest BCUT2D eigenvalue weighted by molar-refractivity contribution is 0.0602. The van der Waals surface area contributed by atoms with Gasteiger partial charge in [0.15, 0.2) is 0 Å². The van der Waals surface area contributed by atoms with Crippen molar-refractivity contribution in [2.24, 2.45) is 0 Å². The summed E-state index contributed by atoms with van der Waals surface area (Å²) in [5.74, 6) is -0.496. The Labute approximate surface area is 84.7 Å². The number of hydrogen-bond donors (Lipinski definition) is 1. The molecule has 0 aliphatic heterocycles. The van der Waals surface area contributed by atoms with Gasteiger partial charge in [0.2, 0.25) is 5.56 Å². The molecule has 0 aromatic carbocycles. The van der Waals surface area contributed by atoms with E-state index in [9.17, 15) is 9.59 Å². The van der Waals surface area contributed by atoms with Crippen LogP contribution in [0.3, 0.4) is 0 Å². The molecule has 2 aromatic heterocycles. The highest BCUT2D eigenvalue weighted by atomic mass is 16.5. The van der Waals surface area contributed by atoms with Crippen LogP contribution in [0.2, 0.25) is 0 Å². The van der Waals surface area contributed by atoms with E-state index >= 15 is 0 Å². The largest absolute Gasteiger partial charge is 0.465 e. The van der Waals surface area contributed by atoms with Crippen molar-refractivity contribution in [2.75, 3.05) is 7.11 Å². The second-order valence-electron chi connectivity index (χ2n) is 2.93. The van der Waals surface area contributed by atoms with Crippen molar-refractivity contribution >= 4 is 17.0 Å². The van der Waals surface area contributed by atoms with E-state index in [0.29, 0.717) is 16.6 Å². The Kier molecular flexibility index (Phi) is 2.21. The van der Waals surface area contributed by atoms with Gasteiger partial charge in [0.05, 0.1) is 23.7 Å². The fourth-order valence-electron chi connectivity index (χ4n) is 1.34. The molecule has 1 N–H and O–H groups in total. The minimum atomic E-state index is -0.496. The van der Waals surface area contributed by atoms with Crippen LogP contribution in [-0.2, 0) is 4.74 Å². The number of rotatable bonds is 1. The smallest absolute Gasteiger partial charge is 0.340 e. The maximum atomic E-state index is 11.4. The SMILES string of the molecule is COC(=O)c1ccnc2ccc(=O)[nH]c12. The van der Waals surface area contributed by atoms with Gasteiger partial charge in [-0.3, -0.25) is 9.78 Å². The normalized spacial score (nSPS) is 10.2. The van der Waals surface area contributed by atoms with Crippen LogP contribution in [0.15, 0.2) is 29.2 Å². The van der Waals surface area contributed by atoms with Gasteiger partial charge in [0.1, 0.15) is 0 Å². The Bertz CT molecular complexity index is 574. The monoisotopic (exact) mass is 204 g/mol. The lowest BCUT2D eigenvalue weighted by Gasteiger charge is -2.02. The molecule has 0 aliphatic rings. The summed E-state index contributed by atoms with van der Waals surface area (Å²) >= 11 is 0. The molecule has 0 fully saturated rings. The molecule has 0 amide bonds. The fraction of sp³-hybridized carbons (Fsp3) is 0.100. The van der Waals surface area contributed by atoms with Gasteiger partial charge in [0.25, 0.3) is 0 Å². The van der Waals surface area contributed by atoms with Gasteiger partial charge in [-0.05, 0) is 12.1 Å². The van der Waals surface area contributed by atoms with Gasteiger partial charge in [-0.2, -0.15) is 0 Å². The first-order chi connectivity index (χ1) is 7.22. The number of hydrogen-bond acceptors (Lipinski definition) is 4. The maximum absolute atomic E-state index is 11.4. The van der Waals surface area contributed by atoms with Crippen LogP contribution in [0.5, 0.6) is 0 Å². The van der Waals surface area contributed by atoms with Gasteiger partial charge < -0.3 is 9.72 Å². The van der Waals surface area contributed by atoms with E-state index in [2.05, 4.69) is 14.7 Å². The zero-order valence-electron chi connectivity index (χ0n) is 7.98. The molecule has 0 spiro atoms. The lowest BCUT2D eigenvalue weighted by Crippen LogP contribution is -2.09. The summed E-state index contributed by atoms with van der Waals surface area (Å²) in [4.78, 5) is 29.1. The van der Waals surface area contributed by atoms with E-state index in [1.807, 2.05) is 0 Å². The number of fused-ring (bicyclic) bond motifs is 1. The molecule has 5 heteroatoms. The zero-order valence-corrected chi connectivity index (χ0v) is 7.98. The molecule has 0 aliphatic carbocycles. The number of H-pyrrole nitrogens is 1. The van der Waals surface area contributed by atoms with Crippen molar-refractivity contribution in [1.29, 1.82) is 0 Å². The molecule has 76 valence electrons. The summed E-state index contributed by atoms with van der Waals surface area (Å²) < 4.78 is 4.60. The number of pyridine rings is 2. The van der Waals surface area contributed by atoms with Crippen molar-refractivity contribution in [3.05, 3.63) is 40.3 Å². The van der Waals surface area contributed by atoms with Gasteiger partial charge in [0, 0.05) is 12.3 Å². The molecule has 15 heavy (non-hydrogen) atoms. The van der Waals surface area contributed by atoms with Crippen LogP contribution in [0.25, 0.3) is 11.0 Å². The average molecular weight is 204 g/mol. The van der Waals surface area contributed by atoms with Crippen LogP contribution in [0, 0.1) is 0 Å². The first-order valence-corrected chi connectivity index (χ1v) is 4.29. The lowest BCUT2D eigenvalue weighted by atomic mass is 10.2. The molecule has 5 nitrogen and oxygen atoms in total. The number of carbonyl (C=O) groups is 1. The Morgan fingerprint density at radius 1 is 1.40 bits per heavy atom. The van der Waals surface area contributed by atoms with Crippen molar-refractivity contribution in [3.8, 4) is 0 Å². The molecule has 0 radical (unpaired) electrons. The molecule has 2 aromatic rings. The van der Waals surface area contributed by atoms with Gasteiger partial charge in [-0.1, -0.05) is 0 Å². The Hall–Kier alpha value is -2.17. The number of nitrogens with one attached hydrogen (secondary N) is 1. The first kappa shape index (κ1) is 9.39. The summed E-state index contributed by atoms with van der Waals surface area (Å²) in [6, 6.07) is 4.42. The minimum Gasteiger partial charge on any atom is -0.465 e. The standard InChI is InChI=1S/C10H8N2O3/c1-15-10(14)6-4-5-11-7-2-3-8(13)12-9(6)7/h2-5H,1H3,(H,12,13). The summed E-state index contributed by atoms with van der Waals surface area (Å²) in [5, 5.41) is 0. The second-order valence-corrected chi connectivity index (χ2v) is 2.93. The van der Waals surface area contributed by atoms with Crippen molar-refractivity contribution in [1.82, 2.24) is 9.97 Å². The van der Waals surface area contributed by atoms with E-state index in [-0.39, 0.29) is 5.56 Å². The Morgan fingerprint density at radius 3 is 2.93 bits per heavy atom. The zero-order chi connectivity index (χ0) is 10.8. The summed E-state index contributed by atoms with van der Waals surface area (Å²) in [5.41, 5.74) is 0.982. The summed E-state index contributed by atoms with van der Waals surface area (Å²) in [6.07, 6.45) is 1.49. The number of aromatic amines is 1. The number of nitrogens with zero attached hydrogens (tertiary/aromatic N) is 1. The van der Waals surface area contributed by atoms with E-state index in [1.54, 1.807) is 6.07 Å². The third-order valence-corrected chi connectivity index (χ3v) is 2.03. The molecule has 2 heterocycles. The van der Waals surface area contributed by atoms with Gasteiger partial charge >= 0.3 is 5.97 Å². The van der Waals surface area contributed by atoms with Crippen molar-refractivity contribution < 1.29 is 9.53 Å². The number of ether oxygens (including phenoxy) is 1. The third-order valence-electron chi connectivity index (χ3n) is 2.03. The fourth-order valence-corrected chi connectivity index (χ4v) is 1.34. The quantitative estimate of drug-likeness (QED) is 0.694. The number of esters is 1. The molecule has 2 rings (SSSR count). The van der Waals surface area contributed by atoms with Gasteiger partial charge in [-0.25, -0.2) is 4.79 Å². The molecule has 0 atom stereocenters. The topological polar surface area (TPSA) is 72.0 Å². The van der Waals surface area contributed by atoms with E-state index in [1.165, 1.54) is 25.4 Å². The highest BCUT2D eigenvalue weighted by Crippen LogP contribution is 2.12. The summed E-state index contributed by atoms with van der Waals surface area (Å²) in [7, 11) is 1.29. The molecule has 0 bridgehead atoms. The highest BCUT2D eigenvalue weighted by Gasteiger charge is 2.10.